The SMILES string of the molecule is CCC(CC)NC(=O)C(C)OC(=O)c1cc(N)ccc1Cl. The van der Waals surface area contributed by atoms with Crippen LogP contribution in [0.25, 0.3) is 0 Å². The number of amides is 1. The summed E-state index contributed by atoms with van der Waals surface area (Å²) in [6, 6.07) is 4.61. The van der Waals surface area contributed by atoms with Gasteiger partial charge in [0.25, 0.3) is 5.91 Å². The van der Waals surface area contributed by atoms with Gasteiger partial charge in [0, 0.05) is 11.7 Å². The third-order valence-corrected chi connectivity index (χ3v) is 3.52. The Bertz CT molecular complexity index is 516. The Morgan fingerprint density at radius 1 is 1.33 bits per heavy atom. The van der Waals surface area contributed by atoms with Gasteiger partial charge < -0.3 is 15.8 Å². The number of hydrogen-bond acceptors (Lipinski definition) is 4. The van der Waals surface area contributed by atoms with Gasteiger partial charge in [-0.1, -0.05) is 25.4 Å². The average Bonchev–Trinajstić information content (AvgIpc) is 2.46. The second-order valence-corrected chi connectivity index (χ2v) is 5.22. The first-order valence-corrected chi connectivity index (χ1v) is 7.33. The zero-order valence-electron chi connectivity index (χ0n) is 12.5. The molecule has 0 spiro atoms. The summed E-state index contributed by atoms with van der Waals surface area (Å²) in [7, 11) is 0. The van der Waals surface area contributed by atoms with E-state index < -0.39 is 12.1 Å². The standard InChI is InChI=1S/C15H21ClN2O3/c1-4-11(5-2)18-14(19)9(3)21-15(20)12-8-10(17)6-7-13(12)16/h6-9,11H,4-5,17H2,1-3H3,(H,18,19). The van der Waals surface area contributed by atoms with E-state index in [1.54, 1.807) is 6.07 Å². The van der Waals surface area contributed by atoms with Gasteiger partial charge >= 0.3 is 5.97 Å². The van der Waals surface area contributed by atoms with Crippen LogP contribution in [0.1, 0.15) is 44.0 Å². The van der Waals surface area contributed by atoms with Crippen molar-refractivity contribution in [3.8, 4) is 0 Å². The number of anilines is 1. The summed E-state index contributed by atoms with van der Waals surface area (Å²) in [5.41, 5.74) is 6.17. The fraction of sp³-hybridized carbons (Fsp3) is 0.467. The van der Waals surface area contributed by atoms with Gasteiger partial charge in [-0.15, -0.1) is 0 Å². The monoisotopic (exact) mass is 312 g/mol. The van der Waals surface area contributed by atoms with Crippen LogP contribution in [0.15, 0.2) is 18.2 Å². The molecule has 0 aliphatic carbocycles. The molecule has 1 rings (SSSR count). The van der Waals surface area contributed by atoms with Crippen LogP contribution in [0.2, 0.25) is 5.02 Å². The third-order valence-electron chi connectivity index (χ3n) is 3.20. The van der Waals surface area contributed by atoms with E-state index in [1.165, 1.54) is 19.1 Å². The summed E-state index contributed by atoms with van der Waals surface area (Å²) in [4.78, 5) is 24.0. The number of ether oxygens (including phenoxy) is 1. The predicted octanol–water partition coefficient (Wildman–Crippen LogP) is 2.77. The fourth-order valence-electron chi connectivity index (χ4n) is 1.79. The summed E-state index contributed by atoms with van der Waals surface area (Å²) < 4.78 is 5.13. The molecule has 0 bridgehead atoms. The molecule has 1 unspecified atom stereocenters. The molecule has 3 N–H and O–H groups in total. The lowest BCUT2D eigenvalue weighted by atomic mass is 10.1. The van der Waals surface area contributed by atoms with Crippen molar-refractivity contribution < 1.29 is 14.3 Å². The van der Waals surface area contributed by atoms with Crippen LogP contribution in [0.3, 0.4) is 0 Å². The lowest BCUT2D eigenvalue weighted by Crippen LogP contribution is -2.41. The molecule has 0 aliphatic rings. The summed E-state index contributed by atoms with van der Waals surface area (Å²) in [5, 5.41) is 3.06. The van der Waals surface area contributed by atoms with Gasteiger partial charge in [0.05, 0.1) is 10.6 Å². The molecule has 0 aromatic heterocycles. The highest BCUT2D eigenvalue weighted by Gasteiger charge is 2.22. The average molecular weight is 313 g/mol. The van der Waals surface area contributed by atoms with Crippen LogP contribution in [-0.2, 0) is 9.53 Å². The molecule has 5 nitrogen and oxygen atoms in total. The van der Waals surface area contributed by atoms with Crippen LogP contribution in [0.5, 0.6) is 0 Å². The van der Waals surface area contributed by atoms with Crippen molar-refractivity contribution in [2.24, 2.45) is 0 Å². The van der Waals surface area contributed by atoms with Gasteiger partial charge in [0.15, 0.2) is 6.10 Å². The molecule has 116 valence electrons. The van der Waals surface area contributed by atoms with E-state index in [0.29, 0.717) is 5.69 Å². The first-order chi connectivity index (χ1) is 9.88. The van der Waals surface area contributed by atoms with E-state index in [-0.39, 0.29) is 22.5 Å². The van der Waals surface area contributed by atoms with Crippen molar-refractivity contribution in [3.63, 3.8) is 0 Å². The number of nitrogens with one attached hydrogen (secondary N) is 1. The Labute approximate surface area is 129 Å². The summed E-state index contributed by atoms with van der Waals surface area (Å²) >= 11 is 5.93. The number of rotatable bonds is 6. The molecule has 0 saturated heterocycles. The van der Waals surface area contributed by atoms with E-state index in [1.807, 2.05) is 13.8 Å². The zero-order valence-corrected chi connectivity index (χ0v) is 13.2. The Balaban J connectivity index is 2.69. The van der Waals surface area contributed by atoms with E-state index in [9.17, 15) is 9.59 Å². The number of hydrogen-bond donors (Lipinski definition) is 2. The number of nitrogens with two attached hydrogens (primary N) is 1. The predicted molar refractivity (Wildman–Crippen MR) is 83.3 cm³/mol. The molecular weight excluding hydrogens is 292 g/mol. The van der Waals surface area contributed by atoms with E-state index in [2.05, 4.69) is 5.32 Å². The first-order valence-electron chi connectivity index (χ1n) is 6.95. The van der Waals surface area contributed by atoms with Gasteiger partial charge in [-0.2, -0.15) is 0 Å². The Hall–Kier alpha value is -1.75. The molecule has 0 saturated carbocycles. The number of carbonyl (C=O) groups is 2. The van der Waals surface area contributed by atoms with E-state index >= 15 is 0 Å². The maximum Gasteiger partial charge on any atom is 0.340 e. The largest absolute Gasteiger partial charge is 0.449 e. The van der Waals surface area contributed by atoms with Crippen molar-refractivity contribution >= 4 is 29.2 Å². The second-order valence-electron chi connectivity index (χ2n) is 4.81. The zero-order chi connectivity index (χ0) is 16.0. The molecule has 0 fully saturated rings. The summed E-state index contributed by atoms with van der Waals surface area (Å²) in [6.07, 6.45) is 0.754. The molecular formula is C15H21ClN2O3. The van der Waals surface area contributed by atoms with Crippen LogP contribution >= 0.6 is 11.6 Å². The molecule has 1 atom stereocenters. The Morgan fingerprint density at radius 3 is 2.52 bits per heavy atom. The number of esters is 1. The number of halogens is 1. The minimum atomic E-state index is -0.893. The lowest BCUT2D eigenvalue weighted by Gasteiger charge is -2.19. The van der Waals surface area contributed by atoms with Crippen LogP contribution in [0, 0.1) is 0 Å². The van der Waals surface area contributed by atoms with E-state index in [4.69, 9.17) is 22.1 Å². The van der Waals surface area contributed by atoms with Crippen molar-refractivity contribution in [2.45, 2.75) is 45.8 Å². The molecule has 1 aromatic rings. The van der Waals surface area contributed by atoms with Crippen LogP contribution in [-0.4, -0.2) is 24.0 Å². The highest BCUT2D eigenvalue weighted by molar-refractivity contribution is 6.33. The highest BCUT2D eigenvalue weighted by Crippen LogP contribution is 2.20. The maximum atomic E-state index is 12.0. The second kappa shape index (κ2) is 7.88. The quantitative estimate of drug-likeness (QED) is 0.625. The minimum Gasteiger partial charge on any atom is -0.449 e. The van der Waals surface area contributed by atoms with E-state index in [0.717, 1.165) is 12.8 Å². The molecule has 21 heavy (non-hydrogen) atoms. The molecule has 0 aliphatic heterocycles. The molecule has 1 aromatic carbocycles. The Morgan fingerprint density at radius 2 is 1.95 bits per heavy atom. The first kappa shape index (κ1) is 17.3. The van der Waals surface area contributed by atoms with Gasteiger partial charge in [-0.25, -0.2) is 4.79 Å². The van der Waals surface area contributed by atoms with Gasteiger partial charge in [-0.05, 0) is 38.0 Å². The highest BCUT2D eigenvalue weighted by atomic mass is 35.5. The number of carbonyl (C=O) groups excluding carboxylic acids is 2. The number of nitrogen functional groups attached to an aromatic ring is 1. The van der Waals surface area contributed by atoms with Gasteiger partial charge in [-0.3, -0.25) is 4.79 Å². The normalized spacial score (nSPS) is 12.0. The molecule has 6 heteroatoms. The van der Waals surface area contributed by atoms with Crippen molar-refractivity contribution in [1.29, 1.82) is 0 Å². The van der Waals surface area contributed by atoms with Gasteiger partial charge in [0.2, 0.25) is 0 Å². The summed E-state index contributed by atoms with van der Waals surface area (Å²) in [5.74, 6) is -0.989. The lowest BCUT2D eigenvalue weighted by molar-refractivity contribution is -0.129. The van der Waals surface area contributed by atoms with Crippen molar-refractivity contribution in [2.75, 3.05) is 5.73 Å². The molecule has 1 amide bonds. The molecule has 0 radical (unpaired) electrons. The van der Waals surface area contributed by atoms with Crippen molar-refractivity contribution in [1.82, 2.24) is 5.32 Å². The van der Waals surface area contributed by atoms with Gasteiger partial charge in [0.1, 0.15) is 0 Å². The fourth-order valence-corrected chi connectivity index (χ4v) is 1.98. The summed E-state index contributed by atoms with van der Waals surface area (Å²) in [6.45, 7) is 5.49. The third kappa shape index (κ3) is 4.93. The Kier molecular flexibility index (Phi) is 6.49. The maximum absolute atomic E-state index is 12.0. The van der Waals surface area contributed by atoms with Crippen molar-refractivity contribution in [3.05, 3.63) is 28.8 Å². The number of benzene rings is 1. The molecule has 0 heterocycles. The topological polar surface area (TPSA) is 81.4 Å². The minimum absolute atomic E-state index is 0.0783. The smallest absolute Gasteiger partial charge is 0.340 e. The van der Waals surface area contributed by atoms with Crippen LogP contribution in [0.4, 0.5) is 5.69 Å². The van der Waals surface area contributed by atoms with Crippen LogP contribution < -0.4 is 11.1 Å².